The van der Waals surface area contributed by atoms with E-state index in [0.29, 0.717) is 0 Å². The average Bonchev–Trinajstić information content (AvgIpc) is 3.11. The van der Waals surface area contributed by atoms with E-state index in [-0.39, 0.29) is 18.9 Å². The molecule has 1 unspecified atom stereocenters. The first-order valence-electron chi connectivity index (χ1n) is 10.7. The zero-order chi connectivity index (χ0) is 24.9. The molecule has 0 fully saturated rings. The van der Waals surface area contributed by atoms with Crippen molar-refractivity contribution >= 4 is 18.0 Å². The van der Waals surface area contributed by atoms with Crippen LogP contribution in [0.4, 0.5) is 18.0 Å². The standard InChI is InChI=1S/C24H25F3N2O5/c1-29(13-12-24(25,26)27)22(32)20(10-11-21(30)31)28-23(33)34-14-19-17-8-4-2-6-15(17)16-7-3-5-9-18(16)19/h2-9,19-20H,10-14H2,1H3,(H,28,33)(H,30,31). The second-order valence-corrected chi connectivity index (χ2v) is 8.08. The molecule has 3 rings (SSSR count). The third-order valence-electron chi connectivity index (χ3n) is 5.69. The normalized spacial score (nSPS) is 13.5. The molecule has 0 spiro atoms. The number of rotatable bonds is 9. The lowest BCUT2D eigenvalue weighted by atomic mass is 9.98. The van der Waals surface area contributed by atoms with Crippen LogP contribution in [-0.4, -0.2) is 60.4 Å². The maximum Gasteiger partial charge on any atom is 0.407 e. The van der Waals surface area contributed by atoms with E-state index in [0.717, 1.165) is 27.2 Å². The monoisotopic (exact) mass is 478 g/mol. The van der Waals surface area contributed by atoms with E-state index in [1.807, 2.05) is 48.5 Å². The number of hydrogen-bond donors (Lipinski definition) is 2. The van der Waals surface area contributed by atoms with Gasteiger partial charge in [-0.15, -0.1) is 0 Å². The minimum Gasteiger partial charge on any atom is -0.481 e. The molecular formula is C24H25F3N2O5. The number of carbonyl (C=O) groups excluding carboxylic acids is 2. The van der Waals surface area contributed by atoms with Crippen LogP contribution in [0.3, 0.4) is 0 Å². The van der Waals surface area contributed by atoms with E-state index in [9.17, 15) is 27.6 Å². The second-order valence-electron chi connectivity index (χ2n) is 8.08. The molecule has 34 heavy (non-hydrogen) atoms. The molecule has 2 aromatic rings. The van der Waals surface area contributed by atoms with Gasteiger partial charge in [0.1, 0.15) is 12.6 Å². The average molecular weight is 478 g/mol. The van der Waals surface area contributed by atoms with Gasteiger partial charge in [0.05, 0.1) is 6.42 Å². The van der Waals surface area contributed by atoms with Crippen molar-refractivity contribution < 1.29 is 37.4 Å². The van der Waals surface area contributed by atoms with Gasteiger partial charge in [0, 0.05) is 25.9 Å². The molecule has 2 amide bonds. The molecule has 7 nitrogen and oxygen atoms in total. The fraction of sp³-hybridized carbons (Fsp3) is 0.375. The lowest BCUT2D eigenvalue weighted by molar-refractivity contribution is -0.145. The van der Waals surface area contributed by atoms with Crippen molar-refractivity contribution in [1.29, 1.82) is 0 Å². The van der Waals surface area contributed by atoms with E-state index < -0.39 is 49.6 Å². The van der Waals surface area contributed by atoms with E-state index >= 15 is 0 Å². The summed E-state index contributed by atoms with van der Waals surface area (Å²) in [5.41, 5.74) is 4.05. The summed E-state index contributed by atoms with van der Waals surface area (Å²) in [6.45, 7) is -0.637. The number of amides is 2. The Kier molecular flexibility index (Phi) is 7.80. The van der Waals surface area contributed by atoms with Crippen LogP contribution in [0.2, 0.25) is 0 Å². The molecular weight excluding hydrogens is 453 g/mol. The van der Waals surface area contributed by atoms with Gasteiger partial charge in [0.15, 0.2) is 0 Å². The zero-order valence-electron chi connectivity index (χ0n) is 18.5. The predicted octanol–water partition coefficient (Wildman–Crippen LogP) is 4.17. The minimum absolute atomic E-state index is 0.0242. The summed E-state index contributed by atoms with van der Waals surface area (Å²) in [7, 11) is 1.17. The molecule has 1 aliphatic carbocycles. The Morgan fingerprint density at radius 2 is 1.62 bits per heavy atom. The Hall–Kier alpha value is -3.56. The van der Waals surface area contributed by atoms with Crippen molar-refractivity contribution in [2.75, 3.05) is 20.2 Å². The largest absolute Gasteiger partial charge is 0.481 e. The van der Waals surface area contributed by atoms with Gasteiger partial charge in [-0.25, -0.2) is 4.79 Å². The number of hydrogen-bond acceptors (Lipinski definition) is 4. The molecule has 10 heteroatoms. The molecule has 0 heterocycles. The predicted molar refractivity (Wildman–Crippen MR) is 117 cm³/mol. The van der Waals surface area contributed by atoms with Crippen molar-refractivity contribution in [3.05, 3.63) is 59.7 Å². The number of carboxylic acid groups (broad SMARTS) is 1. The molecule has 0 bridgehead atoms. The summed E-state index contributed by atoms with van der Waals surface area (Å²) < 4.78 is 42.9. The van der Waals surface area contributed by atoms with Gasteiger partial charge >= 0.3 is 18.2 Å². The molecule has 1 atom stereocenters. The quantitative estimate of drug-likeness (QED) is 0.564. The fourth-order valence-corrected chi connectivity index (χ4v) is 3.98. The maximum atomic E-state index is 12.6. The molecule has 0 aliphatic heterocycles. The van der Waals surface area contributed by atoms with Gasteiger partial charge in [-0.05, 0) is 28.7 Å². The Morgan fingerprint density at radius 3 is 2.15 bits per heavy atom. The van der Waals surface area contributed by atoms with Crippen LogP contribution in [0.5, 0.6) is 0 Å². The van der Waals surface area contributed by atoms with Crippen LogP contribution in [0, 0.1) is 0 Å². The fourth-order valence-electron chi connectivity index (χ4n) is 3.98. The van der Waals surface area contributed by atoms with E-state index in [4.69, 9.17) is 9.84 Å². The topological polar surface area (TPSA) is 95.9 Å². The lowest BCUT2D eigenvalue weighted by Crippen LogP contribution is -2.48. The first kappa shape index (κ1) is 25.1. The number of alkyl halides is 3. The van der Waals surface area contributed by atoms with Crippen molar-refractivity contribution in [1.82, 2.24) is 10.2 Å². The van der Waals surface area contributed by atoms with E-state index in [1.165, 1.54) is 7.05 Å². The molecule has 2 N–H and O–H groups in total. The van der Waals surface area contributed by atoms with Gasteiger partial charge in [-0.3, -0.25) is 9.59 Å². The number of aliphatic carboxylic acids is 1. The van der Waals surface area contributed by atoms with E-state index in [2.05, 4.69) is 5.32 Å². The number of carbonyl (C=O) groups is 3. The van der Waals surface area contributed by atoms with Crippen molar-refractivity contribution in [3.63, 3.8) is 0 Å². The van der Waals surface area contributed by atoms with E-state index in [1.54, 1.807) is 0 Å². The van der Waals surface area contributed by atoms with Crippen LogP contribution in [-0.2, 0) is 14.3 Å². The highest BCUT2D eigenvalue weighted by atomic mass is 19.4. The second kappa shape index (κ2) is 10.6. The van der Waals surface area contributed by atoms with Crippen LogP contribution in [0.15, 0.2) is 48.5 Å². The van der Waals surface area contributed by atoms with Crippen molar-refractivity contribution in [3.8, 4) is 11.1 Å². The number of benzene rings is 2. The van der Waals surface area contributed by atoms with Crippen molar-refractivity contribution in [2.24, 2.45) is 0 Å². The van der Waals surface area contributed by atoms with Crippen LogP contribution >= 0.6 is 0 Å². The summed E-state index contributed by atoms with van der Waals surface area (Å²) in [5, 5.41) is 11.3. The van der Waals surface area contributed by atoms with Crippen LogP contribution < -0.4 is 5.32 Å². The number of nitrogens with one attached hydrogen (secondary N) is 1. The van der Waals surface area contributed by atoms with Gasteiger partial charge in [-0.2, -0.15) is 13.2 Å². The molecule has 0 saturated heterocycles. The third-order valence-corrected chi connectivity index (χ3v) is 5.69. The van der Waals surface area contributed by atoms with Crippen molar-refractivity contribution in [2.45, 2.75) is 37.4 Å². The number of carboxylic acids is 1. The van der Waals surface area contributed by atoms with Gasteiger partial charge < -0.3 is 20.1 Å². The molecule has 0 aromatic heterocycles. The Labute approximate surface area is 194 Å². The summed E-state index contributed by atoms with van der Waals surface area (Å²) in [4.78, 5) is 36.9. The highest BCUT2D eigenvalue weighted by Gasteiger charge is 2.32. The number of halogens is 3. The summed E-state index contributed by atoms with van der Waals surface area (Å²) in [5.74, 6) is -2.25. The van der Waals surface area contributed by atoms with Gasteiger partial charge in [0.2, 0.25) is 5.91 Å². The maximum absolute atomic E-state index is 12.6. The highest BCUT2D eigenvalue weighted by molar-refractivity contribution is 5.86. The molecule has 182 valence electrons. The third kappa shape index (κ3) is 6.27. The van der Waals surface area contributed by atoms with Gasteiger partial charge in [-0.1, -0.05) is 48.5 Å². The lowest BCUT2D eigenvalue weighted by Gasteiger charge is -2.25. The van der Waals surface area contributed by atoms with Crippen LogP contribution in [0.1, 0.15) is 36.3 Å². The molecule has 1 aliphatic rings. The highest BCUT2D eigenvalue weighted by Crippen LogP contribution is 2.44. The van der Waals surface area contributed by atoms with Crippen LogP contribution in [0.25, 0.3) is 11.1 Å². The molecule has 0 radical (unpaired) electrons. The minimum atomic E-state index is -4.45. The number of alkyl carbamates (subject to hydrolysis) is 1. The number of likely N-dealkylation sites (N-methyl/N-ethyl adjacent to an activating group) is 1. The zero-order valence-corrected chi connectivity index (χ0v) is 18.5. The van der Waals surface area contributed by atoms with Gasteiger partial charge in [0.25, 0.3) is 0 Å². The smallest absolute Gasteiger partial charge is 0.407 e. The molecule has 2 aromatic carbocycles. The Morgan fingerprint density at radius 1 is 1.06 bits per heavy atom. The molecule has 0 saturated carbocycles. The number of ether oxygens (including phenoxy) is 1. The summed E-state index contributed by atoms with van der Waals surface area (Å²) >= 11 is 0. The summed E-state index contributed by atoms with van der Waals surface area (Å²) in [6, 6.07) is 14.1. The number of fused-ring (bicyclic) bond motifs is 3. The number of nitrogens with zero attached hydrogens (tertiary/aromatic N) is 1. The Balaban J connectivity index is 1.65. The first-order valence-corrected chi connectivity index (χ1v) is 10.7. The SMILES string of the molecule is CN(CCC(F)(F)F)C(=O)C(CCC(=O)O)NC(=O)OCC1c2ccccc2-c2ccccc21. The first-order chi connectivity index (χ1) is 16.1. The Bertz CT molecular complexity index is 1010. The summed E-state index contributed by atoms with van der Waals surface area (Å²) in [6.07, 6.45) is -7.35.